The predicted octanol–water partition coefficient (Wildman–Crippen LogP) is 2.80. The summed E-state index contributed by atoms with van der Waals surface area (Å²) in [5, 5.41) is 11.9. The van der Waals surface area contributed by atoms with E-state index in [1.807, 2.05) is 44.2 Å². The highest BCUT2D eigenvalue weighted by Gasteiger charge is 2.31. The molecule has 0 aliphatic rings. The van der Waals surface area contributed by atoms with Crippen LogP contribution in [0.25, 0.3) is 0 Å². The highest BCUT2D eigenvalue weighted by atomic mass is 16.2. The molecule has 0 radical (unpaired) electrons. The summed E-state index contributed by atoms with van der Waals surface area (Å²) in [5.41, 5.74) is 0.0977. The lowest BCUT2D eigenvalue weighted by molar-refractivity contribution is -0.128. The van der Waals surface area contributed by atoms with Crippen LogP contribution in [0.15, 0.2) is 30.3 Å². The van der Waals surface area contributed by atoms with Crippen LogP contribution in [-0.2, 0) is 4.79 Å². The molecule has 2 atom stereocenters. The number of rotatable bonds is 4. The van der Waals surface area contributed by atoms with Gasteiger partial charge in [0.1, 0.15) is 5.41 Å². The summed E-state index contributed by atoms with van der Waals surface area (Å²) in [6, 6.07) is 11.7. The molecule has 0 spiro atoms. The number of nitrogens with one attached hydrogen (secondary N) is 1. The summed E-state index contributed by atoms with van der Waals surface area (Å²) in [6.45, 7) is 5.43. The van der Waals surface area contributed by atoms with Crippen molar-refractivity contribution in [1.82, 2.24) is 5.32 Å². The molecule has 0 saturated heterocycles. The van der Waals surface area contributed by atoms with Gasteiger partial charge in [-0.3, -0.25) is 4.79 Å². The lowest BCUT2D eigenvalue weighted by Gasteiger charge is -2.22. The summed E-state index contributed by atoms with van der Waals surface area (Å²) < 4.78 is 0. The van der Waals surface area contributed by atoms with Gasteiger partial charge in [-0.1, -0.05) is 37.3 Å². The van der Waals surface area contributed by atoms with E-state index in [4.69, 9.17) is 5.26 Å². The molecule has 1 unspecified atom stereocenters. The first-order valence-corrected chi connectivity index (χ1v) is 5.80. The van der Waals surface area contributed by atoms with Crippen molar-refractivity contribution < 1.29 is 4.79 Å². The number of hydrogen-bond acceptors (Lipinski definition) is 2. The molecular formula is C14H18N2O. The first-order valence-electron chi connectivity index (χ1n) is 5.80. The van der Waals surface area contributed by atoms with Gasteiger partial charge < -0.3 is 5.32 Å². The van der Waals surface area contributed by atoms with Crippen molar-refractivity contribution in [2.75, 3.05) is 0 Å². The van der Waals surface area contributed by atoms with Gasteiger partial charge in [0.05, 0.1) is 12.1 Å². The van der Waals surface area contributed by atoms with Gasteiger partial charge in [-0.05, 0) is 25.8 Å². The van der Waals surface area contributed by atoms with Gasteiger partial charge in [-0.2, -0.15) is 5.26 Å². The zero-order valence-electron chi connectivity index (χ0n) is 10.5. The van der Waals surface area contributed by atoms with Crippen LogP contribution >= 0.6 is 0 Å². The van der Waals surface area contributed by atoms with E-state index in [0.717, 1.165) is 5.56 Å². The number of carbonyl (C=O) groups is 1. The van der Waals surface area contributed by atoms with E-state index in [2.05, 4.69) is 11.4 Å². The normalized spacial score (nSPS) is 15.4. The first kappa shape index (κ1) is 13.2. The zero-order chi connectivity index (χ0) is 12.9. The third-order valence-electron chi connectivity index (χ3n) is 3.10. The molecule has 1 aromatic rings. The fourth-order valence-corrected chi connectivity index (χ4v) is 1.47. The summed E-state index contributed by atoms with van der Waals surface area (Å²) in [4.78, 5) is 12.0. The number of amides is 1. The lowest BCUT2D eigenvalue weighted by atomic mass is 9.88. The van der Waals surface area contributed by atoms with Gasteiger partial charge >= 0.3 is 0 Å². The lowest BCUT2D eigenvalue weighted by Crippen LogP contribution is -2.38. The molecule has 0 bridgehead atoms. The molecule has 0 saturated carbocycles. The van der Waals surface area contributed by atoms with Crippen LogP contribution in [0.4, 0.5) is 0 Å². The van der Waals surface area contributed by atoms with Crippen LogP contribution < -0.4 is 5.32 Å². The Morgan fingerprint density at radius 1 is 1.47 bits per heavy atom. The largest absolute Gasteiger partial charge is 0.348 e. The molecule has 1 rings (SSSR count). The SMILES string of the molecule is CCC(C)(C#N)C(=O)N[C@H](C)c1ccccc1. The maximum Gasteiger partial charge on any atom is 0.240 e. The number of hydrogen-bond donors (Lipinski definition) is 1. The Hall–Kier alpha value is -1.82. The fraction of sp³-hybridized carbons (Fsp3) is 0.429. The van der Waals surface area contributed by atoms with Crippen LogP contribution in [0.1, 0.15) is 38.8 Å². The quantitative estimate of drug-likeness (QED) is 0.864. The highest BCUT2D eigenvalue weighted by molar-refractivity contribution is 5.85. The molecule has 3 nitrogen and oxygen atoms in total. The van der Waals surface area contributed by atoms with E-state index in [1.165, 1.54) is 0 Å². The summed E-state index contributed by atoms with van der Waals surface area (Å²) >= 11 is 0. The molecule has 0 fully saturated rings. The molecule has 1 amide bonds. The Morgan fingerprint density at radius 2 is 2.06 bits per heavy atom. The van der Waals surface area contributed by atoms with E-state index < -0.39 is 5.41 Å². The Labute approximate surface area is 102 Å². The highest BCUT2D eigenvalue weighted by Crippen LogP contribution is 2.22. The van der Waals surface area contributed by atoms with Crippen LogP contribution in [-0.4, -0.2) is 5.91 Å². The molecule has 17 heavy (non-hydrogen) atoms. The number of nitrogens with zero attached hydrogens (tertiary/aromatic N) is 1. The molecule has 0 heterocycles. The maximum absolute atomic E-state index is 12.0. The van der Waals surface area contributed by atoms with Gasteiger partial charge in [0, 0.05) is 0 Å². The monoisotopic (exact) mass is 230 g/mol. The van der Waals surface area contributed by atoms with Crippen LogP contribution in [0.3, 0.4) is 0 Å². The van der Waals surface area contributed by atoms with E-state index in [-0.39, 0.29) is 11.9 Å². The number of benzene rings is 1. The van der Waals surface area contributed by atoms with E-state index >= 15 is 0 Å². The average molecular weight is 230 g/mol. The molecule has 0 aliphatic carbocycles. The van der Waals surface area contributed by atoms with Crippen molar-refractivity contribution in [3.05, 3.63) is 35.9 Å². The van der Waals surface area contributed by atoms with Crippen molar-refractivity contribution in [1.29, 1.82) is 5.26 Å². The van der Waals surface area contributed by atoms with Crippen molar-refractivity contribution in [2.45, 2.75) is 33.2 Å². The van der Waals surface area contributed by atoms with Gasteiger partial charge in [-0.25, -0.2) is 0 Å². The molecule has 1 aromatic carbocycles. The molecule has 0 aromatic heterocycles. The zero-order valence-corrected chi connectivity index (χ0v) is 10.5. The third-order valence-corrected chi connectivity index (χ3v) is 3.10. The second kappa shape index (κ2) is 5.49. The second-order valence-electron chi connectivity index (χ2n) is 4.40. The van der Waals surface area contributed by atoms with E-state index in [9.17, 15) is 4.79 Å². The maximum atomic E-state index is 12.0. The summed E-state index contributed by atoms with van der Waals surface area (Å²) in [7, 11) is 0. The molecule has 3 heteroatoms. The summed E-state index contributed by atoms with van der Waals surface area (Å²) in [6.07, 6.45) is 0.511. The smallest absolute Gasteiger partial charge is 0.240 e. The standard InChI is InChI=1S/C14H18N2O/c1-4-14(3,10-15)13(17)16-11(2)12-8-6-5-7-9-12/h5-9,11H,4H2,1-3H3,(H,16,17)/t11-,14?/m1/s1. The van der Waals surface area contributed by atoms with Gasteiger partial charge in [-0.15, -0.1) is 0 Å². The van der Waals surface area contributed by atoms with Gasteiger partial charge in [0.25, 0.3) is 0 Å². The van der Waals surface area contributed by atoms with Gasteiger partial charge in [0.15, 0.2) is 0 Å². The van der Waals surface area contributed by atoms with Crippen LogP contribution in [0.5, 0.6) is 0 Å². The van der Waals surface area contributed by atoms with Crippen LogP contribution in [0.2, 0.25) is 0 Å². The van der Waals surface area contributed by atoms with Crippen molar-refractivity contribution in [3.8, 4) is 6.07 Å². The molecular weight excluding hydrogens is 212 g/mol. The minimum Gasteiger partial charge on any atom is -0.348 e. The van der Waals surface area contributed by atoms with E-state index in [1.54, 1.807) is 6.92 Å². The Kier molecular flexibility index (Phi) is 4.28. The minimum atomic E-state index is -0.941. The van der Waals surface area contributed by atoms with Crippen LogP contribution in [0, 0.1) is 16.7 Å². The topological polar surface area (TPSA) is 52.9 Å². The fourth-order valence-electron chi connectivity index (χ4n) is 1.47. The Morgan fingerprint density at radius 3 is 2.53 bits per heavy atom. The Balaban J connectivity index is 2.74. The number of carbonyl (C=O) groups excluding carboxylic acids is 1. The molecule has 90 valence electrons. The average Bonchev–Trinajstić information content (AvgIpc) is 2.38. The van der Waals surface area contributed by atoms with Crippen molar-refractivity contribution in [3.63, 3.8) is 0 Å². The van der Waals surface area contributed by atoms with Gasteiger partial charge in [0.2, 0.25) is 5.91 Å². The Bertz CT molecular complexity index is 422. The third kappa shape index (κ3) is 3.07. The van der Waals surface area contributed by atoms with Crippen molar-refractivity contribution >= 4 is 5.91 Å². The predicted molar refractivity (Wildman–Crippen MR) is 67.0 cm³/mol. The summed E-state index contributed by atoms with van der Waals surface area (Å²) in [5.74, 6) is -0.209. The van der Waals surface area contributed by atoms with E-state index in [0.29, 0.717) is 6.42 Å². The first-order chi connectivity index (χ1) is 8.03. The van der Waals surface area contributed by atoms with Crippen molar-refractivity contribution in [2.24, 2.45) is 5.41 Å². The second-order valence-corrected chi connectivity index (χ2v) is 4.40. The molecule has 1 N–H and O–H groups in total. The molecule has 0 aliphatic heterocycles. The number of nitriles is 1. The minimum absolute atomic E-state index is 0.0806.